The molecule has 2 aromatic rings. The Morgan fingerprint density at radius 3 is 2.34 bits per heavy atom. The molecule has 0 saturated carbocycles. The number of aryl methyl sites for hydroxylation is 1. The van der Waals surface area contributed by atoms with Crippen LogP contribution in [0.1, 0.15) is 29.0 Å². The summed E-state index contributed by atoms with van der Waals surface area (Å²) in [4.78, 5) is 26.7. The van der Waals surface area contributed by atoms with Crippen LogP contribution >= 0.6 is 0 Å². The number of β-amino-alcohol motifs (C(OH)–C–C–N with tert-alkyl or cyclic N) is 1. The molecule has 7 heteroatoms. The third-order valence-electron chi connectivity index (χ3n) is 5.26. The van der Waals surface area contributed by atoms with Crippen LogP contribution in [0.4, 0.5) is 13.2 Å². The molecule has 4 nitrogen and oxygen atoms in total. The molecule has 1 aliphatic heterocycles. The minimum atomic E-state index is -0.916. The Balaban J connectivity index is 1.85. The Bertz CT molecular complexity index is 891. The maximum atomic E-state index is 14.6. The molecule has 3 rings (SSSR count). The van der Waals surface area contributed by atoms with Crippen molar-refractivity contribution in [1.29, 1.82) is 0 Å². The molecule has 2 atom stereocenters. The van der Waals surface area contributed by atoms with Crippen molar-refractivity contribution in [1.82, 2.24) is 4.90 Å². The van der Waals surface area contributed by atoms with Gasteiger partial charge in [0.2, 0.25) is 5.91 Å². The van der Waals surface area contributed by atoms with E-state index in [1.54, 1.807) is 6.92 Å². The summed E-state index contributed by atoms with van der Waals surface area (Å²) < 4.78 is 42.2. The van der Waals surface area contributed by atoms with E-state index in [1.807, 2.05) is 0 Å². The average molecular weight is 405 g/mol. The van der Waals surface area contributed by atoms with Gasteiger partial charge in [-0.25, -0.2) is 13.2 Å². The molecule has 0 aliphatic carbocycles. The summed E-state index contributed by atoms with van der Waals surface area (Å²) in [5.74, 6) is -4.34. The first-order valence-electron chi connectivity index (χ1n) is 9.41. The highest BCUT2D eigenvalue weighted by molar-refractivity contribution is 5.90. The van der Waals surface area contributed by atoms with Crippen LogP contribution in [-0.2, 0) is 16.0 Å². The molecule has 1 fully saturated rings. The minimum absolute atomic E-state index is 0.00432. The Morgan fingerprint density at radius 2 is 1.76 bits per heavy atom. The van der Waals surface area contributed by atoms with Crippen molar-refractivity contribution in [3.8, 4) is 0 Å². The molecule has 154 valence electrons. The number of carbonyl (C=O) groups is 2. The van der Waals surface area contributed by atoms with Crippen LogP contribution in [0, 0.1) is 30.3 Å². The lowest BCUT2D eigenvalue weighted by molar-refractivity contribution is -0.134. The van der Waals surface area contributed by atoms with Gasteiger partial charge in [0.05, 0.1) is 12.5 Å². The highest BCUT2D eigenvalue weighted by Crippen LogP contribution is 2.38. The van der Waals surface area contributed by atoms with Crippen molar-refractivity contribution in [2.75, 3.05) is 19.7 Å². The number of hydrogen-bond donors (Lipinski definition) is 1. The number of rotatable bonds is 7. The van der Waals surface area contributed by atoms with E-state index in [-0.39, 0.29) is 43.9 Å². The summed E-state index contributed by atoms with van der Waals surface area (Å²) in [6, 6.07) is 7.86. The fourth-order valence-electron chi connectivity index (χ4n) is 3.92. The lowest BCUT2D eigenvalue weighted by Crippen LogP contribution is -2.30. The monoisotopic (exact) mass is 405 g/mol. The van der Waals surface area contributed by atoms with Crippen molar-refractivity contribution in [2.24, 2.45) is 5.92 Å². The van der Waals surface area contributed by atoms with Crippen LogP contribution in [0.5, 0.6) is 0 Å². The van der Waals surface area contributed by atoms with Gasteiger partial charge >= 0.3 is 0 Å². The maximum absolute atomic E-state index is 14.6. The second kappa shape index (κ2) is 8.78. The van der Waals surface area contributed by atoms with Crippen molar-refractivity contribution in [3.05, 3.63) is 70.5 Å². The van der Waals surface area contributed by atoms with Crippen molar-refractivity contribution in [2.45, 2.75) is 25.7 Å². The van der Waals surface area contributed by atoms with Gasteiger partial charge < -0.3 is 10.0 Å². The van der Waals surface area contributed by atoms with Crippen molar-refractivity contribution >= 4 is 11.7 Å². The molecule has 0 aromatic heterocycles. The topological polar surface area (TPSA) is 57.6 Å². The van der Waals surface area contributed by atoms with Gasteiger partial charge in [0, 0.05) is 37.4 Å². The van der Waals surface area contributed by atoms with E-state index in [2.05, 4.69) is 0 Å². The first-order valence-corrected chi connectivity index (χ1v) is 9.41. The lowest BCUT2D eigenvalue weighted by Gasteiger charge is -2.18. The smallest absolute Gasteiger partial charge is 0.226 e. The minimum Gasteiger partial charge on any atom is -0.395 e. The van der Waals surface area contributed by atoms with E-state index in [1.165, 1.54) is 41.3 Å². The number of aliphatic hydroxyl groups excluding tert-OH is 1. The van der Waals surface area contributed by atoms with Gasteiger partial charge in [-0.15, -0.1) is 0 Å². The predicted molar refractivity (Wildman–Crippen MR) is 101 cm³/mol. The number of halogens is 3. The zero-order valence-corrected chi connectivity index (χ0v) is 16.0. The molecule has 1 amide bonds. The molecule has 0 spiro atoms. The van der Waals surface area contributed by atoms with E-state index in [4.69, 9.17) is 0 Å². The molecule has 1 saturated heterocycles. The Morgan fingerprint density at radius 1 is 1.14 bits per heavy atom. The molecular weight excluding hydrogens is 383 g/mol. The number of Topliss-reactive ketones (excluding diaryl/α,β-unsaturated/α-hetero) is 1. The largest absolute Gasteiger partial charge is 0.395 e. The van der Waals surface area contributed by atoms with E-state index in [9.17, 15) is 27.9 Å². The predicted octanol–water partition coefficient (Wildman–Crippen LogP) is 3.15. The molecule has 0 bridgehead atoms. The van der Waals surface area contributed by atoms with Crippen LogP contribution in [0.15, 0.2) is 36.4 Å². The summed E-state index contributed by atoms with van der Waals surface area (Å²) in [7, 11) is 0. The Labute approximate surface area is 167 Å². The van der Waals surface area contributed by atoms with E-state index >= 15 is 0 Å². The molecule has 0 radical (unpaired) electrons. The normalized spacial score (nSPS) is 19.1. The lowest BCUT2D eigenvalue weighted by atomic mass is 9.83. The molecule has 1 heterocycles. The number of aliphatic hydroxyl groups is 1. The molecular formula is C22H22F3NO3. The van der Waals surface area contributed by atoms with Gasteiger partial charge in [-0.2, -0.15) is 0 Å². The van der Waals surface area contributed by atoms with Crippen molar-refractivity contribution in [3.63, 3.8) is 0 Å². The number of nitrogens with zero attached hydrogens (tertiary/aromatic N) is 1. The number of hydrogen-bond acceptors (Lipinski definition) is 3. The second-order valence-electron chi connectivity index (χ2n) is 7.41. The van der Waals surface area contributed by atoms with Crippen LogP contribution in [0.2, 0.25) is 0 Å². The molecule has 1 N–H and O–H groups in total. The van der Waals surface area contributed by atoms with Crippen LogP contribution in [-0.4, -0.2) is 41.4 Å². The highest BCUT2D eigenvalue weighted by atomic mass is 19.1. The summed E-state index contributed by atoms with van der Waals surface area (Å²) in [6.07, 6.45) is -0.189. The second-order valence-corrected chi connectivity index (χ2v) is 7.41. The van der Waals surface area contributed by atoms with E-state index in [0.29, 0.717) is 11.1 Å². The fourth-order valence-corrected chi connectivity index (χ4v) is 3.92. The summed E-state index contributed by atoms with van der Waals surface area (Å²) in [6.45, 7) is 1.35. The molecule has 0 unspecified atom stereocenters. The highest BCUT2D eigenvalue weighted by Gasteiger charge is 2.43. The number of amides is 1. The molecule has 29 heavy (non-hydrogen) atoms. The first kappa shape index (κ1) is 21.0. The van der Waals surface area contributed by atoms with Crippen LogP contribution in [0.25, 0.3) is 0 Å². The third-order valence-corrected chi connectivity index (χ3v) is 5.26. The van der Waals surface area contributed by atoms with E-state index < -0.39 is 35.2 Å². The van der Waals surface area contributed by atoms with Gasteiger partial charge in [0.25, 0.3) is 0 Å². The zero-order valence-electron chi connectivity index (χ0n) is 16.0. The third kappa shape index (κ3) is 4.67. The molecule has 1 aliphatic rings. The van der Waals surface area contributed by atoms with Gasteiger partial charge in [-0.05, 0) is 42.3 Å². The average Bonchev–Trinajstić information content (AvgIpc) is 2.93. The summed E-state index contributed by atoms with van der Waals surface area (Å²) in [5, 5.41) is 9.19. The van der Waals surface area contributed by atoms with Gasteiger partial charge in [0.1, 0.15) is 23.2 Å². The quantitative estimate of drug-likeness (QED) is 0.770. The standard InChI is InChI=1S/C22H22F3NO3/c1-13-8-19(24)21(20(25)9-13)18-12-26(6-7-27)22(29)17(18)11-16(28)10-14-2-4-15(23)5-3-14/h2-5,8-9,17-18,27H,6-7,10-12H2,1H3/t17-,18+/m0/s1. The van der Waals surface area contributed by atoms with Gasteiger partial charge in [0.15, 0.2) is 0 Å². The molecule has 2 aromatic carbocycles. The summed E-state index contributed by atoms with van der Waals surface area (Å²) >= 11 is 0. The van der Waals surface area contributed by atoms with Gasteiger partial charge in [-0.1, -0.05) is 12.1 Å². The maximum Gasteiger partial charge on any atom is 0.226 e. The van der Waals surface area contributed by atoms with Crippen LogP contribution in [0.3, 0.4) is 0 Å². The zero-order chi connectivity index (χ0) is 21.1. The fraction of sp³-hybridized carbons (Fsp3) is 0.364. The summed E-state index contributed by atoms with van der Waals surface area (Å²) in [5.41, 5.74) is 0.812. The number of ketones is 1. The van der Waals surface area contributed by atoms with E-state index in [0.717, 1.165) is 0 Å². The number of benzene rings is 2. The van der Waals surface area contributed by atoms with Gasteiger partial charge in [-0.3, -0.25) is 9.59 Å². The van der Waals surface area contributed by atoms with Crippen molar-refractivity contribution < 1.29 is 27.9 Å². The first-order chi connectivity index (χ1) is 13.8. The SMILES string of the molecule is Cc1cc(F)c([C@@H]2CN(CCO)C(=O)[C@H]2CC(=O)Cc2ccc(F)cc2)c(F)c1. The Hall–Kier alpha value is -2.67. The number of likely N-dealkylation sites (tertiary alicyclic amines) is 1. The number of carbonyl (C=O) groups excluding carboxylic acids is 2. The van der Waals surface area contributed by atoms with Crippen LogP contribution < -0.4 is 0 Å². The Kier molecular flexibility index (Phi) is 6.37.